The summed E-state index contributed by atoms with van der Waals surface area (Å²) in [6, 6.07) is 3.40. The molecule has 0 aliphatic rings. The monoisotopic (exact) mass is 467 g/mol. The normalized spacial score (nSPS) is 13.1. The zero-order valence-corrected chi connectivity index (χ0v) is 17.9. The summed E-state index contributed by atoms with van der Waals surface area (Å²) >= 11 is 3.04. The van der Waals surface area contributed by atoms with E-state index in [0.29, 0.717) is 6.42 Å². The van der Waals surface area contributed by atoms with Gasteiger partial charge >= 0.3 is 18.2 Å². The van der Waals surface area contributed by atoms with Crippen molar-refractivity contribution in [1.82, 2.24) is 4.90 Å². The number of carboxylic acids is 1. The zero-order chi connectivity index (χ0) is 21.7. The lowest BCUT2D eigenvalue weighted by atomic mass is 9.94. The van der Waals surface area contributed by atoms with E-state index in [2.05, 4.69) is 15.9 Å². The summed E-state index contributed by atoms with van der Waals surface area (Å²) in [7, 11) is 1.55. The van der Waals surface area contributed by atoms with E-state index in [1.807, 2.05) is 0 Å². The summed E-state index contributed by atoms with van der Waals surface area (Å²) in [4.78, 5) is 24.8. The van der Waals surface area contributed by atoms with Crippen molar-refractivity contribution in [2.24, 2.45) is 5.92 Å². The predicted molar refractivity (Wildman–Crippen MR) is 102 cm³/mol. The molecule has 1 amide bonds. The first-order chi connectivity index (χ1) is 12.7. The molecule has 0 bridgehead atoms. The van der Waals surface area contributed by atoms with Crippen LogP contribution in [0, 0.1) is 5.92 Å². The summed E-state index contributed by atoms with van der Waals surface area (Å²) in [5.74, 6) is -1.95. The minimum atomic E-state index is -4.51. The van der Waals surface area contributed by atoms with Gasteiger partial charge in [-0.3, -0.25) is 4.79 Å². The molecule has 0 radical (unpaired) electrons. The van der Waals surface area contributed by atoms with E-state index >= 15 is 0 Å². The Morgan fingerprint density at radius 2 is 1.82 bits per heavy atom. The molecule has 5 nitrogen and oxygen atoms in total. The Labute approximate surface area is 171 Å². The lowest BCUT2D eigenvalue weighted by Gasteiger charge is -2.25. The maximum absolute atomic E-state index is 12.9. The Bertz CT molecular complexity index is 701. The number of hydrogen-bond acceptors (Lipinski definition) is 3. The Hall–Kier alpha value is -1.77. The van der Waals surface area contributed by atoms with Crippen LogP contribution in [0.5, 0.6) is 0 Å². The number of carbonyl (C=O) groups excluding carboxylic acids is 1. The number of benzene rings is 1. The maximum atomic E-state index is 12.9. The number of carboxylic acid groups (broad SMARTS) is 1. The SMILES string of the molecule is CN(CCC[C@H](Cc1cc(Br)cc(C(F)(F)F)c1)C(=O)O)C(=O)OC(C)(C)C. The summed E-state index contributed by atoms with van der Waals surface area (Å²) in [5.41, 5.74) is -1.17. The topological polar surface area (TPSA) is 66.8 Å². The molecule has 28 heavy (non-hydrogen) atoms. The van der Waals surface area contributed by atoms with Crippen LogP contribution in [0.2, 0.25) is 0 Å². The summed E-state index contributed by atoms with van der Waals surface area (Å²) in [5, 5.41) is 9.42. The molecule has 0 spiro atoms. The van der Waals surface area contributed by atoms with Crippen LogP contribution in [0.3, 0.4) is 0 Å². The standard InChI is InChI=1S/C19H25BrF3NO4/c1-18(2,3)28-17(27)24(4)7-5-6-13(16(25)26)8-12-9-14(19(21,22)23)11-15(20)10-12/h9-11,13H,5-8H2,1-4H3,(H,25,26)/t13-/m1/s1. The van der Waals surface area contributed by atoms with Crippen molar-refractivity contribution in [1.29, 1.82) is 0 Å². The summed E-state index contributed by atoms with van der Waals surface area (Å²) in [6.45, 7) is 5.51. The molecule has 0 aromatic heterocycles. The largest absolute Gasteiger partial charge is 0.481 e. The number of alkyl halides is 3. The highest BCUT2D eigenvalue weighted by Crippen LogP contribution is 2.32. The number of carbonyl (C=O) groups is 2. The van der Waals surface area contributed by atoms with E-state index in [-0.39, 0.29) is 29.4 Å². The summed E-state index contributed by atoms with van der Waals surface area (Å²) < 4.78 is 44.3. The van der Waals surface area contributed by atoms with Crippen LogP contribution in [0.4, 0.5) is 18.0 Å². The summed E-state index contributed by atoms with van der Waals surface area (Å²) in [6.07, 6.45) is -4.45. The molecule has 0 saturated heterocycles. The molecule has 0 heterocycles. The molecule has 0 saturated carbocycles. The van der Waals surface area contributed by atoms with Crippen LogP contribution in [0.1, 0.15) is 44.7 Å². The molecule has 158 valence electrons. The van der Waals surface area contributed by atoms with Gasteiger partial charge in [0.2, 0.25) is 0 Å². The van der Waals surface area contributed by atoms with Crippen LogP contribution >= 0.6 is 15.9 Å². The highest BCUT2D eigenvalue weighted by molar-refractivity contribution is 9.10. The highest BCUT2D eigenvalue weighted by Gasteiger charge is 2.31. The van der Waals surface area contributed by atoms with Gasteiger partial charge in [0.1, 0.15) is 5.60 Å². The van der Waals surface area contributed by atoms with Gasteiger partial charge < -0.3 is 14.7 Å². The molecule has 1 aromatic rings. The van der Waals surface area contributed by atoms with Gasteiger partial charge in [0.25, 0.3) is 0 Å². The predicted octanol–water partition coefficient (Wildman–Crippen LogP) is 5.36. The number of hydrogen-bond donors (Lipinski definition) is 1. The van der Waals surface area contributed by atoms with E-state index in [0.717, 1.165) is 12.1 Å². The van der Waals surface area contributed by atoms with E-state index in [1.54, 1.807) is 27.8 Å². The van der Waals surface area contributed by atoms with Crippen LogP contribution in [0.15, 0.2) is 22.7 Å². The van der Waals surface area contributed by atoms with E-state index in [9.17, 15) is 27.9 Å². The molecule has 0 aliphatic carbocycles. The quantitative estimate of drug-likeness (QED) is 0.586. The second kappa shape index (κ2) is 9.62. The third-order valence-corrected chi connectivity index (χ3v) is 4.33. The molecular formula is C19H25BrF3NO4. The second-order valence-corrected chi connectivity index (χ2v) is 8.54. The van der Waals surface area contributed by atoms with Gasteiger partial charge in [-0.15, -0.1) is 0 Å². The Morgan fingerprint density at radius 3 is 2.32 bits per heavy atom. The fourth-order valence-corrected chi connectivity index (χ4v) is 3.08. The Morgan fingerprint density at radius 1 is 1.21 bits per heavy atom. The van der Waals surface area contributed by atoms with Crippen LogP contribution in [-0.4, -0.2) is 41.3 Å². The molecule has 9 heteroatoms. The molecule has 0 unspecified atom stereocenters. The third kappa shape index (κ3) is 8.50. The fourth-order valence-electron chi connectivity index (χ4n) is 2.54. The molecule has 1 N–H and O–H groups in total. The number of rotatable bonds is 7. The number of halogens is 4. The first kappa shape index (κ1) is 24.3. The van der Waals surface area contributed by atoms with Crippen molar-refractivity contribution in [3.63, 3.8) is 0 Å². The van der Waals surface area contributed by atoms with Crippen LogP contribution in [-0.2, 0) is 22.1 Å². The van der Waals surface area contributed by atoms with Gasteiger partial charge in [-0.2, -0.15) is 13.2 Å². The van der Waals surface area contributed by atoms with Crippen molar-refractivity contribution in [2.75, 3.05) is 13.6 Å². The molecule has 1 atom stereocenters. The van der Waals surface area contributed by atoms with Crippen molar-refractivity contribution in [2.45, 2.75) is 51.8 Å². The molecular weight excluding hydrogens is 443 g/mol. The van der Waals surface area contributed by atoms with Gasteiger partial charge in [0.05, 0.1) is 11.5 Å². The van der Waals surface area contributed by atoms with Gasteiger partial charge in [0, 0.05) is 18.1 Å². The van der Waals surface area contributed by atoms with E-state index in [4.69, 9.17) is 4.74 Å². The van der Waals surface area contributed by atoms with Crippen molar-refractivity contribution in [3.05, 3.63) is 33.8 Å². The van der Waals surface area contributed by atoms with Gasteiger partial charge in [-0.1, -0.05) is 15.9 Å². The average Bonchev–Trinajstić information content (AvgIpc) is 2.50. The number of amides is 1. The first-order valence-electron chi connectivity index (χ1n) is 8.72. The highest BCUT2D eigenvalue weighted by atomic mass is 79.9. The van der Waals surface area contributed by atoms with Crippen molar-refractivity contribution in [3.8, 4) is 0 Å². The number of aliphatic carboxylic acids is 1. The molecule has 1 rings (SSSR count). The smallest absolute Gasteiger partial charge is 0.416 e. The van der Waals surface area contributed by atoms with Gasteiger partial charge in [0.15, 0.2) is 0 Å². The molecule has 1 aromatic carbocycles. The van der Waals surface area contributed by atoms with E-state index in [1.165, 1.54) is 11.0 Å². The maximum Gasteiger partial charge on any atom is 0.416 e. The average molecular weight is 468 g/mol. The van der Waals surface area contributed by atoms with Crippen LogP contribution in [0.25, 0.3) is 0 Å². The first-order valence-corrected chi connectivity index (χ1v) is 9.52. The number of ether oxygens (including phenoxy) is 1. The minimum absolute atomic E-state index is 0.0337. The Kier molecular flexibility index (Phi) is 8.34. The third-order valence-electron chi connectivity index (χ3n) is 3.87. The van der Waals surface area contributed by atoms with Gasteiger partial charge in [-0.05, 0) is 63.8 Å². The molecule has 0 aliphatic heterocycles. The number of nitrogens with zero attached hydrogens (tertiary/aromatic N) is 1. The lowest BCUT2D eigenvalue weighted by Crippen LogP contribution is -2.35. The Balaban J connectivity index is 2.72. The van der Waals surface area contributed by atoms with Crippen molar-refractivity contribution >= 4 is 28.0 Å². The van der Waals surface area contributed by atoms with Gasteiger partial charge in [-0.25, -0.2) is 4.79 Å². The van der Waals surface area contributed by atoms with Crippen molar-refractivity contribution < 1.29 is 32.6 Å². The second-order valence-electron chi connectivity index (χ2n) is 7.63. The molecule has 0 fully saturated rings. The van der Waals surface area contributed by atoms with E-state index < -0.39 is 35.3 Å². The minimum Gasteiger partial charge on any atom is -0.481 e. The fraction of sp³-hybridized carbons (Fsp3) is 0.579. The lowest BCUT2D eigenvalue weighted by molar-refractivity contribution is -0.142. The van der Waals surface area contributed by atoms with Crippen LogP contribution < -0.4 is 0 Å². The zero-order valence-electron chi connectivity index (χ0n) is 16.3.